The van der Waals surface area contributed by atoms with Crippen molar-refractivity contribution in [1.82, 2.24) is 24.9 Å². The third-order valence-electron chi connectivity index (χ3n) is 3.98. The summed E-state index contributed by atoms with van der Waals surface area (Å²) in [5, 5.41) is 12.8. The molecular formula is C18H20ClN5O2. The van der Waals surface area contributed by atoms with Gasteiger partial charge < -0.3 is 9.32 Å². The Bertz CT molecular complexity index is 862. The summed E-state index contributed by atoms with van der Waals surface area (Å²) in [6.45, 7) is 4.67. The van der Waals surface area contributed by atoms with Gasteiger partial charge in [-0.1, -0.05) is 30.7 Å². The van der Waals surface area contributed by atoms with Crippen molar-refractivity contribution in [1.29, 1.82) is 0 Å². The first-order chi connectivity index (χ1) is 12.6. The number of hydrogen-bond acceptors (Lipinski definition) is 5. The standard InChI is InChI=1S/C18H20ClN5O2/c1-3-10-23(18(25)13(2)24-11-6-9-20-24)12-16-21-22-17(26-16)14-7-4-5-8-15(14)19/h4-9,11,13H,3,10,12H2,1-2H3. The van der Waals surface area contributed by atoms with Crippen LogP contribution in [0.25, 0.3) is 11.5 Å². The topological polar surface area (TPSA) is 77.0 Å². The highest BCUT2D eigenvalue weighted by molar-refractivity contribution is 6.33. The molecule has 0 aliphatic rings. The van der Waals surface area contributed by atoms with Crippen LogP contribution in [0, 0.1) is 0 Å². The van der Waals surface area contributed by atoms with Gasteiger partial charge in [-0.05, 0) is 31.5 Å². The largest absolute Gasteiger partial charge is 0.419 e. The van der Waals surface area contributed by atoms with Crippen LogP contribution in [0.5, 0.6) is 0 Å². The zero-order valence-corrected chi connectivity index (χ0v) is 15.4. The quantitative estimate of drug-likeness (QED) is 0.632. The number of amides is 1. The molecule has 8 heteroatoms. The van der Waals surface area contributed by atoms with Crippen LogP contribution in [0.4, 0.5) is 0 Å². The van der Waals surface area contributed by atoms with Crippen LogP contribution in [0.1, 0.15) is 32.2 Å². The van der Waals surface area contributed by atoms with E-state index in [1.165, 1.54) is 0 Å². The summed E-state index contributed by atoms with van der Waals surface area (Å²) in [4.78, 5) is 14.5. The van der Waals surface area contributed by atoms with Gasteiger partial charge in [0.05, 0.1) is 17.1 Å². The molecule has 1 aromatic carbocycles. The van der Waals surface area contributed by atoms with Crippen molar-refractivity contribution in [2.45, 2.75) is 32.9 Å². The molecule has 7 nitrogen and oxygen atoms in total. The summed E-state index contributed by atoms with van der Waals surface area (Å²) in [7, 11) is 0. The second-order valence-electron chi connectivity index (χ2n) is 5.90. The average Bonchev–Trinajstić information content (AvgIpc) is 3.32. The maximum absolute atomic E-state index is 12.8. The lowest BCUT2D eigenvalue weighted by atomic mass is 10.2. The smallest absolute Gasteiger partial charge is 0.249 e. The lowest BCUT2D eigenvalue weighted by Crippen LogP contribution is -2.36. The molecule has 3 rings (SSSR count). The van der Waals surface area contributed by atoms with E-state index in [-0.39, 0.29) is 12.5 Å². The first-order valence-electron chi connectivity index (χ1n) is 8.45. The summed E-state index contributed by atoms with van der Waals surface area (Å²) >= 11 is 6.17. The highest BCUT2D eigenvalue weighted by atomic mass is 35.5. The molecule has 1 atom stereocenters. The van der Waals surface area contributed by atoms with Gasteiger partial charge in [0, 0.05) is 18.9 Å². The number of halogens is 1. The third-order valence-corrected chi connectivity index (χ3v) is 4.31. The van der Waals surface area contributed by atoms with E-state index < -0.39 is 6.04 Å². The molecule has 136 valence electrons. The van der Waals surface area contributed by atoms with Crippen molar-refractivity contribution < 1.29 is 9.21 Å². The van der Waals surface area contributed by atoms with Gasteiger partial charge in [0.1, 0.15) is 6.04 Å². The van der Waals surface area contributed by atoms with Crippen molar-refractivity contribution in [2.24, 2.45) is 0 Å². The maximum Gasteiger partial charge on any atom is 0.249 e. The van der Waals surface area contributed by atoms with Crippen LogP contribution in [0.2, 0.25) is 5.02 Å². The minimum Gasteiger partial charge on any atom is -0.419 e. The lowest BCUT2D eigenvalue weighted by molar-refractivity contribution is -0.135. The van der Waals surface area contributed by atoms with Crippen LogP contribution in [-0.2, 0) is 11.3 Å². The zero-order valence-electron chi connectivity index (χ0n) is 14.7. The monoisotopic (exact) mass is 373 g/mol. The molecule has 1 amide bonds. The molecule has 0 aliphatic carbocycles. The predicted molar refractivity (Wildman–Crippen MR) is 97.4 cm³/mol. The Balaban J connectivity index is 1.76. The number of rotatable bonds is 7. The van der Waals surface area contributed by atoms with Crippen LogP contribution in [0.3, 0.4) is 0 Å². The van der Waals surface area contributed by atoms with E-state index in [1.54, 1.807) is 34.1 Å². The number of nitrogens with zero attached hydrogens (tertiary/aromatic N) is 5. The number of aromatic nitrogens is 4. The molecule has 0 radical (unpaired) electrons. The predicted octanol–water partition coefficient (Wildman–Crippen LogP) is 3.59. The first kappa shape index (κ1) is 18.1. The molecule has 0 N–H and O–H groups in total. The van der Waals surface area contributed by atoms with E-state index >= 15 is 0 Å². The molecule has 1 unspecified atom stereocenters. The molecule has 26 heavy (non-hydrogen) atoms. The molecule has 0 aliphatic heterocycles. The molecular weight excluding hydrogens is 354 g/mol. The minimum absolute atomic E-state index is 0.0481. The summed E-state index contributed by atoms with van der Waals surface area (Å²) in [5.41, 5.74) is 0.672. The van der Waals surface area contributed by atoms with Gasteiger partial charge in [-0.25, -0.2) is 0 Å². The van der Waals surface area contributed by atoms with Crippen LogP contribution in [0.15, 0.2) is 47.1 Å². The molecule has 0 fully saturated rings. The zero-order chi connectivity index (χ0) is 18.5. The van der Waals surface area contributed by atoms with E-state index in [4.69, 9.17) is 16.0 Å². The second-order valence-corrected chi connectivity index (χ2v) is 6.31. The van der Waals surface area contributed by atoms with Crippen molar-refractivity contribution in [3.8, 4) is 11.5 Å². The molecule has 3 aromatic rings. The molecule has 2 heterocycles. The van der Waals surface area contributed by atoms with Crippen molar-refractivity contribution in [3.05, 3.63) is 53.6 Å². The molecule has 2 aromatic heterocycles. The van der Waals surface area contributed by atoms with E-state index in [0.717, 1.165) is 6.42 Å². The first-order valence-corrected chi connectivity index (χ1v) is 8.83. The van der Waals surface area contributed by atoms with Crippen molar-refractivity contribution >= 4 is 17.5 Å². The van der Waals surface area contributed by atoms with E-state index in [1.807, 2.05) is 32.0 Å². The Morgan fingerprint density at radius 1 is 1.31 bits per heavy atom. The number of hydrogen-bond donors (Lipinski definition) is 0. The van der Waals surface area contributed by atoms with Crippen molar-refractivity contribution in [3.63, 3.8) is 0 Å². The van der Waals surface area contributed by atoms with E-state index in [9.17, 15) is 4.79 Å². The average molecular weight is 374 g/mol. The third kappa shape index (κ3) is 3.94. The van der Waals surface area contributed by atoms with E-state index in [0.29, 0.717) is 28.9 Å². The number of carbonyl (C=O) groups is 1. The number of benzene rings is 1. The highest BCUT2D eigenvalue weighted by Gasteiger charge is 2.24. The SMILES string of the molecule is CCCN(Cc1nnc(-c2ccccc2Cl)o1)C(=O)C(C)n1cccn1. The summed E-state index contributed by atoms with van der Waals surface area (Å²) in [6.07, 6.45) is 4.25. The molecule has 0 bridgehead atoms. The van der Waals surface area contributed by atoms with Gasteiger partial charge in [0.2, 0.25) is 17.7 Å². The van der Waals surface area contributed by atoms with Crippen LogP contribution in [-0.4, -0.2) is 37.3 Å². The second kappa shape index (κ2) is 8.14. The fourth-order valence-corrected chi connectivity index (χ4v) is 2.87. The van der Waals surface area contributed by atoms with E-state index in [2.05, 4.69) is 15.3 Å². The van der Waals surface area contributed by atoms with Gasteiger partial charge in [-0.3, -0.25) is 9.48 Å². The van der Waals surface area contributed by atoms with Gasteiger partial charge in [0.25, 0.3) is 0 Å². The summed E-state index contributed by atoms with van der Waals surface area (Å²) < 4.78 is 7.36. The Morgan fingerprint density at radius 3 is 2.81 bits per heavy atom. The molecule has 0 saturated carbocycles. The summed E-state index contributed by atoms with van der Waals surface area (Å²) in [6, 6.07) is 8.66. The van der Waals surface area contributed by atoms with Crippen molar-refractivity contribution in [2.75, 3.05) is 6.54 Å². The molecule has 0 spiro atoms. The normalized spacial score (nSPS) is 12.1. The van der Waals surface area contributed by atoms with Crippen LogP contribution >= 0.6 is 11.6 Å². The Labute approximate surface area is 156 Å². The Kier molecular flexibility index (Phi) is 5.68. The highest BCUT2D eigenvalue weighted by Crippen LogP contribution is 2.26. The Hall–Kier alpha value is -2.67. The van der Waals surface area contributed by atoms with Gasteiger partial charge in [-0.2, -0.15) is 5.10 Å². The fraction of sp³-hybridized carbons (Fsp3) is 0.333. The fourth-order valence-electron chi connectivity index (χ4n) is 2.65. The number of carbonyl (C=O) groups excluding carboxylic acids is 1. The lowest BCUT2D eigenvalue weighted by Gasteiger charge is -2.24. The maximum atomic E-state index is 12.8. The molecule has 0 saturated heterocycles. The van der Waals surface area contributed by atoms with Gasteiger partial charge >= 0.3 is 0 Å². The van der Waals surface area contributed by atoms with Gasteiger partial charge in [0.15, 0.2) is 0 Å². The summed E-state index contributed by atoms with van der Waals surface area (Å²) in [5.74, 6) is 0.664. The Morgan fingerprint density at radius 2 is 2.12 bits per heavy atom. The van der Waals surface area contributed by atoms with Crippen LogP contribution < -0.4 is 0 Å². The van der Waals surface area contributed by atoms with Gasteiger partial charge in [-0.15, -0.1) is 10.2 Å². The minimum atomic E-state index is -0.400.